The van der Waals surface area contributed by atoms with Gasteiger partial charge in [-0.25, -0.2) is 0 Å². The SMILES string of the molecule is [2H]c1c(OC([2H])([2H])[2H])c(OC)c([2H])c2c1C1([2H])CC(=O)C(C([2H])([2H])C([2H])(C([2H])([2H])[2H])C([2H])([2H])[2H])C([2H])([2H])N1C([2H])([2H])C2([2H])[2H]. The fourth-order valence-corrected chi connectivity index (χ4v) is 2.29. The van der Waals surface area contributed by atoms with Crippen molar-refractivity contribution in [2.24, 2.45) is 11.8 Å². The van der Waals surface area contributed by atoms with Crippen LogP contribution in [-0.4, -0.2) is 37.8 Å². The highest BCUT2D eigenvalue weighted by Crippen LogP contribution is 2.42. The highest BCUT2D eigenvalue weighted by Gasteiger charge is 2.38. The minimum absolute atomic E-state index is 0.304. The Bertz CT molecular complexity index is 1350. The summed E-state index contributed by atoms with van der Waals surface area (Å²) in [5.74, 6) is -11.0. The Labute approximate surface area is 168 Å². The normalized spacial score (nSPS) is 50.2. The summed E-state index contributed by atoms with van der Waals surface area (Å²) in [4.78, 5) is 13.4. The summed E-state index contributed by atoms with van der Waals surface area (Å²) in [5.41, 5.74) is -2.22. The van der Waals surface area contributed by atoms with Crippen molar-refractivity contribution >= 4 is 5.78 Å². The maximum Gasteiger partial charge on any atom is 0.161 e. The molecule has 0 saturated carbocycles. The molecule has 0 spiro atoms. The monoisotopic (exact) mass is 338 g/mol. The Balaban J connectivity index is 2.51. The summed E-state index contributed by atoms with van der Waals surface area (Å²) < 4.78 is 182. The molecule has 0 N–H and O–H groups in total. The first kappa shape index (κ1) is 4.54. The number of piperidine rings is 1. The number of ketones is 1. The number of carbonyl (C=O) groups excluding carboxylic acids is 1. The first-order valence-corrected chi connectivity index (χ1v) is 6.47. The van der Waals surface area contributed by atoms with Crippen LogP contribution >= 0.6 is 0 Å². The van der Waals surface area contributed by atoms with Gasteiger partial charge < -0.3 is 9.47 Å². The van der Waals surface area contributed by atoms with Gasteiger partial charge in [0.25, 0.3) is 0 Å². The number of ether oxygens (including phenoxy) is 2. The highest BCUT2D eigenvalue weighted by molar-refractivity contribution is 5.83. The third-order valence-corrected chi connectivity index (χ3v) is 3.30. The lowest BCUT2D eigenvalue weighted by atomic mass is 9.80. The fraction of sp³-hybridized carbons (Fsp3) is 0.632. The van der Waals surface area contributed by atoms with Gasteiger partial charge in [0.2, 0.25) is 0 Å². The predicted octanol–water partition coefficient (Wildman–Crippen LogP) is 3.24. The molecule has 2 aliphatic heterocycles. The standard InChI is InChI=1S/C19H27NO3/c1-12(2)7-14-11-20-6-5-13-8-18(22-3)19(23-4)9-15(13)16(20)10-17(14)21/h8-9,12,14,16H,5-7,10-11H2,1-4H3/i1D3,2D3,4D3,5D2,6D2,7D2,8D,9D,11D2,12D,16D. The van der Waals surface area contributed by atoms with E-state index < -0.39 is 111 Å². The van der Waals surface area contributed by atoms with Gasteiger partial charge in [-0.1, -0.05) is 13.7 Å². The van der Waals surface area contributed by atoms with E-state index in [1.165, 1.54) is 0 Å². The summed E-state index contributed by atoms with van der Waals surface area (Å²) in [6.45, 7) is -15.9. The molecule has 126 valence electrons. The molecule has 0 aliphatic carbocycles. The summed E-state index contributed by atoms with van der Waals surface area (Å²) in [6, 6.07) is -5.60. The molecule has 0 aromatic heterocycles. The van der Waals surface area contributed by atoms with Crippen molar-refractivity contribution in [2.45, 2.75) is 38.9 Å². The second-order valence-electron chi connectivity index (χ2n) is 4.71. The number of benzene rings is 1. The average molecular weight is 339 g/mol. The molecule has 0 amide bonds. The van der Waals surface area contributed by atoms with E-state index in [1.54, 1.807) is 0 Å². The van der Waals surface area contributed by atoms with Crippen molar-refractivity contribution < 1.29 is 43.1 Å². The lowest BCUT2D eigenvalue weighted by Gasteiger charge is -2.43. The third-order valence-electron chi connectivity index (χ3n) is 3.30. The minimum atomic E-state index is -4.22. The van der Waals surface area contributed by atoms with E-state index in [2.05, 4.69) is 0 Å². The molecule has 4 heteroatoms. The largest absolute Gasteiger partial charge is 0.493 e. The van der Waals surface area contributed by atoms with Crippen molar-refractivity contribution in [2.75, 3.05) is 27.1 Å². The molecule has 1 fully saturated rings. The summed E-state index contributed by atoms with van der Waals surface area (Å²) in [6.07, 6.45) is -9.35. The average Bonchev–Trinajstić information content (AvgIpc) is 2.75. The van der Waals surface area contributed by atoms with Crippen LogP contribution in [-0.2, 0) is 11.2 Å². The highest BCUT2D eigenvalue weighted by atomic mass is 16.5. The van der Waals surface area contributed by atoms with Crippen LogP contribution in [0.4, 0.5) is 0 Å². The van der Waals surface area contributed by atoms with Crippen LogP contribution in [0.1, 0.15) is 72.4 Å². The van der Waals surface area contributed by atoms with E-state index in [0.29, 0.717) is 0 Å². The van der Waals surface area contributed by atoms with Crippen LogP contribution in [0.3, 0.4) is 0 Å². The zero-order valence-electron chi connectivity index (χ0n) is 33.0. The van der Waals surface area contributed by atoms with Crippen LogP contribution in [0.2, 0.25) is 0 Å². The molecule has 23 heavy (non-hydrogen) atoms. The first-order valence-electron chi connectivity index (χ1n) is 17.0. The summed E-state index contributed by atoms with van der Waals surface area (Å²) in [5, 5.41) is 0. The number of rotatable bonds is 4. The molecule has 3 rings (SSSR count). The first-order chi connectivity index (χ1) is 19.2. The van der Waals surface area contributed by atoms with Gasteiger partial charge in [-0.3, -0.25) is 9.69 Å². The van der Waals surface area contributed by atoms with Crippen LogP contribution < -0.4 is 9.47 Å². The Morgan fingerprint density at radius 2 is 2.39 bits per heavy atom. The zero-order valence-corrected chi connectivity index (χ0v) is 12.0. The van der Waals surface area contributed by atoms with Gasteiger partial charge in [0, 0.05) is 51.9 Å². The molecule has 2 aliphatic rings. The number of hydrogen-bond acceptors (Lipinski definition) is 4. The summed E-state index contributed by atoms with van der Waals surface area (Å²) >= 11 is 0. The molecule has 1 aromatic carbocycles. The lowest BCUT2D eigenvalue weighted by Crippen LogP contribution is -2.46. The van der Waals surface area contributed by atoms with Gasteiger partial charge in [-0.15, -0.1) is 0 Å². The third kappa shape index (κ3) is 3.09. The number of hydrogen-bond donors (Lipinski definition) is 0. The van der Waals surface area contributed by atoms with Crippen molar-refractivity contribution in [3.05, 3.63) is 23.2 Å². The van der Waals surface area contributed by atoms with Crippen molar-refractivity contribution in [3.63, 3.8) is 0 Å². The van der Waals surface area contributed by atoms with E-state index in [-0.39, 0.29) is 4.90 Å². The second-order valence-corrected chi connectivity index (χ2v) is 4.71. The molecule has 0 bridgehead atoms. The molecular weight excluding hydrogens is 290 g/mol. The smallest absolute Gasteiger partial charge is 0.161 e. The van der Waals surface area contributed by atoms with Crippen molar-refractivity contribution in [1.82, 2.24) is 4.90 Å². The van der Waals surface area contributed by atoms with Gasteiger partial charge in [0.15, 0.2) is 11.5 Å². The van der Waals surface area contributed by atoms with Crippen LogP contribution in [0.25, 0.3) is 0 Å². The van der Waals surface area contributed by atoms with Crippen LogP contribution in [0.15, 0.2) is 12.1 Å². The maximum absolute atomic E-state index is 13.7. The zero-order chi connectivity index (χ0) is 34.8. The maximum atomic E-state index is 13.7. The molecule has 2 unspecified atom stereocenters. The quantitative estimate of drug-likeness (QED) is 0.845. The molecule has 1 saturated heterocycles. The van der Waals surface area contributed by atoms with Gasteiger partial charge in [-0.2, -0.15) is 0 Å². The van der Waals surface area contributed by atoms with Gasteiger partial charge in [0.05, 0.1) is 22.4 Å². The van der Waals surface area contributed by atoms with E-state index >= 15 is 0 Å². The number of fused-ring (bicyclic) bond motifs is 3. The lowest BCUT2D eigenvalue weighted by molar-refractivity contribution is -0.129. The van der Waals surface area contributed by atoms with E-state index in [0.717, 1.165) is 7.11 Å². The van der Waals surface area contributed by atoms with E-state index in [4.69, 9.17) is 36.9 Å². The van der Waals surface area contributed by atoms with Crippen molar-refractivity contribution in [3.8, 4) is 11.5 Å². The molecule has 2 atom stereocenters. The Morgan fingerprint density at radius 3 is 3.13 bits per heavy atom. The fourth-order valence-electron chi connectivity index (χ4n) is 2.29. The Kier molecular flexibility index (Phi) is 1.29. The molecule has 4 nitrogen and oxygen atoms in total. The minimum Gasteiger partial charge on any atom is -0.493 e. The van der Waals surface area contributed by atoms with Crippen LogP contribution in [0, 0.1) is 11.8 Å². The van der Waals surface area contributed by atoms with Gasteiger partial charge in [-0.05, 0) is 41.9 Å². The second kappa shape index (κ2) is 6.52. The van der Waals surface area contributed by atoms with Gasteiger partial charge >= 0.3 is 0 Å². The van der Waals surface area contributed by atoms with E-state index in [9.17, 15) is 6.17 Å². The number of nitrogens with zero attached hydrogens (tertiary/aromatic N) is 1. The topological polar surface area (TPSA) is 38.8 Å². The molecular formula is C19H27NO3. The summed E-state index contributed by atoms with van der Waals surface area (Å²) in [7, 11) is -2.44. The van der Waals surface area contributed by atoms with E-state index in [1.807, 2.05) is 0 Å². The molecule has 1 aromatic rings. The molecule has 0 radical (unpaired) electrons. The molecule has 2 heterocycles. The number of Topliss-reactive ketones (excluding diaryl/α,β-unsaturated/α-hetero) is 1. The van der Waals surface area contributed by atoms with Crippen molar-refractivity contribution in [1.29, 1.82) is 0 Å². The van der Waals surface area contributed by atoms with Crippen LogP contribution in [0.5, 0.6) is 11.5 Å². The van der Waals surface area contributed by atoms with Gasteiger partial charge in [0.1, 0.15) is 5.78 Å². The number of methoxy groups -OCH3 is 2. The Morgan fingerprint density at radius 1 is 1.57 bits per heavy atom. The number of carbonyl (C=O) groups is 1. The Hall–Kier alpha value is -1.55. The predicted molar refractivity (Wildman–Crippen MR) is 90.1 cm³/mol.